The lowest BCUT2D eigenvalue weighted by Gasteiger charge is -2.16. The number of nitrogens with one attached hydrogen (secondary N) is 1. The largest absolute Gasteiger partial charge is 0.313 e. The quantitative estimate of drug-likeness (QED) is 0.884. The van der Waals surface area contributed by atoms with Crippen LogP contribution in [-0.2, 0) is 13.0 Å². The van der Waals surface area contributed by atoms with Crippen molar-refractivity contribution in [3.05, 3.63) is 34.0 Å². The van der Waals surface area contributed by atoms with E-state index in [1.54, 1.807) is 17.7 Å². The normalized spacial score (nSPS) is 12.9. The van der Waals surface area contributed by atoms with Crippen molar-refractivity contribution in [3.8, 4) is 0 Å². The predicted octanol–water partition coefficient (Wildman–Crippen LogP) is 2.17. The second-order valence-electron chi connectivity index (χ2n) is 4.05. The van der Waals surface area contributed by atoms with Crippen molar-refractivity contribution in [3.63, 3.8) is 0 Å². The van der Waals surface area contributed by atoms with Crippen LogP contribution in [-0.4, -0.2) is 21.8 Å². The van der Waals surface area contributed by atoms with Crippen LogP contribution in [0, 0.1) is 6.92 Å². The standard InChI is InChI=1S/C12H18N4S/c1-4-16-12(14-8-15-16)5-11(13-3)10-7-17-6-9(10)2/h6-8,11,13H,4-5H2,1-3H3. The van der Waals surface area contributed by atoms with Crippen LogP contribution in [0.1, 0.15) is 29.9 Å². The van der Waals surface area contributed by atoms with E-state index in [1.807, 2.05) is 11.7 Å². The van der Waals surface area contributed by atoms with Gasteiger partial charge in [0, 0.05) is 19.0 Å². The molecular formula is C12H18N4S. The molecule has 2 heterocycles. The Bertz CT molecular complexity index is 474. The highest BCUT2D eigenvalue weighted by atomic mass is 32.1. The van der Waals surface area contributed by atoms with Gasteiger partial charge >= 0.3 is 0 Å². The van der Waals surface area contributed by atoms with Gasteiger partial charge in [-0.3, -0.25) is 4.68 Å². The number of aryl methyl sites for hydroxylation is 2. The van der Waals surface area contributed by atoms with Crippen LogP contribution >= 0.6 is 11.3 Å². The minimum Gasteiger partial charge on any atom is -0.313 e. The minimum absolute atomic E-state index is 0.316. The van der Waals surface area contributed by atoms with Crippen molar-refractivity contribution < 1.29 is 0 Å². The van der Waals surface area contributed by atoms with E-state index in [0.717, 1.165) is 18.8 Å². The molecule has 0 aliphatic rings. The van der Waals surface area contributed by atoms with Gasteiger partial charge in [0.1, 0.15) is 12.2 Å². The summed E-state index contributed by atoms with van der Waals surface area (Å²) in [5.41, 5.74) is 2.71. The molecule has 17 heavy (non-hydrogen) atoms. The van der Waals surface area contributed by atoms with Crippen molar-refractivity contribution in [2.24, 2.45) is 0 Å². The first-order valence-electron chi connectivity index (χ1n) is 5.82. The first-order valence-corrected chi connectivity index (χ1v) is 6.77. The summed E-state index contributed by atoms with van der Waals surface area (Å²) in [6.07, 6.45) is 2.51. The lowest BCUT2D eigenvalue weighted by molar-refractivity contribution is 0.533. The number of likely N-dealkylation sites (N-methyl/N-ethyl adjacent to an activating group) is 1. The van der Waals surface area contributed by atoms with Gasteiger partial charge in [-0.15, -0.1) is 0 Å². The number of nitrogens with zero attached hydrogens (tertiary/aromatic N) is 3. The summed E-state index contributed by atoms with van der Waals surface area (Å²) < 4.78 is 1.95. The molecule has 4 nitrogen and oxygen atoms in total. The van der Waals surface area contributed by atoms with E-state index in [0.29, 0.717) is 6.04 Å². The molecule has 0 bridgehead atoms. The maximum Gasteiger partial charge on any atom is 0.138 e. The lowest BCUT2D eigenvalue weighted by atomic mass is 10.0. The average molecular weight is 250 g/mol. The number of hydrogen-bond acceptors (Lipinski definition) is 4. The summed E-state index contributed by atoms with van der Waals surface area (Å²) >= 11 is 1.75. The molecule has 0 aliphatic carbocycles. The van der Waals surface area contributed by atoms with Crippen molar-refractivity contribution in [2.75, 3.05) is 7.05 Å². The highest BCUT2D eigenvalue weighted by molar-refractivity contribution is 7.08. The van der Waals surface area contributed by atoms with Crippen molar-refractivity contribution in [1.29, 1.82) is 0 Å². The van der Waals surface area contributed by atoms with E-state index in [-0.39, 0.29) is 0 Å². The molecule has 2 aromatic rings. The Morgan fingerprint density at radius 2 is 2.29 bits per heavy atom. The average Bonchev–Trinajstić information content (AvgIpc) is 2.94. The van der Waals surface area contributed by atoms with Crippen molar-refractivity contribution in [2.45, 2.75) is 32.9 Å². The van der Waals surface area contributed by atoms with Gasteiger partial charge in [0.2, 0.25) is 0 Å². The first kappa shape index (κ1) is 12.3. The van der Waals surface area contributed by atoms with Crippen LogP contribution in [0.5, 0.6) is 0 Å². The van der Waals surface area contributed by atoms with E-state index in [2.05, 4.69) is 40.0 Å². The molecule has 2 aromatic heterocycles. The highest BCUT2D eigenvalue weighted by Crippen LogP contribution is 2.24. The third-order valence-electron chi connectivity index (χ3n) is 3.00. The smallest absolute Gasteiger partial charge is 0.138 e. The van der Waals surface area contributed by atoms with Gasteiger partial charge < -0.3 is 5.32 Å². The number of hydrogen-bond donors (Lipinski definition) is 1. The van der Waals surface area contributed by atoms with Gasteiger partial charge in [0.25, 0.3) is 0 Å². The van der Waals surface area contributed by atoms with E-state index < -0.39 is 0 Å². The van der Waals surface area contributed by atoms with Crippen LogP contribution in [0.3, 0.4) is 0 Å². The zero-order chi connectivity index (χ0) is 12.3. The van der Waals surface area contributed by atoms with Crippen molar-refractivity contribution >= 4 is 11.3 Å². The van der Waals surface area contributed by atoms with Gasteiger partial charge in [0.15, 0.2) is 0 Å². The van der Waals surface area contributed by atoms with Crippen LogP contribution in [0.25, 0.3) is 0 Å². The maximum absolute atomic E-state index is 4.33. The molecule has 1 unspecified atom stereocenters. The van der Waals surface area contributed by atoms with Gasteiger partial charge in [-0.25, -0.2) is 4.98 Å². The maximum atomic E-state index is 4.33. The van der Waals surface area contributed by atoms with Crippen LogP contribution in [0.4, 0.5) is 0 Å². The van der Waals surface area contributed by atoms with Gasteiger partial charge in [-0.1, -0.05) is 0 Å². The molecule has 0 amide bonds. The van der Waals surface area contributed by atoms with Crippen LogP contribution < -0.4 is 5.32 Å². The topological polar surface area (TPSA) is 42.7 Å². The van der Waals surface area contributed by atoms with Gasteiger partial charge in [-0.2, -0.15) is 16.4 Å². The Kier molecular flexibility index (Phi) is 3.91. The predicted molar refractivity (Wildman–Crippen MR) is 70.3 cm³/mol. The summed E-state index contributed by atoms with van der Waals surface area (Å²) in [5.74, 6) is 1.04. The van der Waals surface area contributed by atoms with E-state index >= 15 is 0 Å². The number of aromatic nitrogens is 3. The second kappa shape index (κ2) is 5.42. The molecule has 0 radical (unpaired) electrons. The Labute approximate surface area is 106 Å². The fraction of sp³-hybridized carbons (Fsp3) is 0.500. The van der Waals surface area contributed by atoms with Gasteiger partial charge in [-0.05, 0) is 42.8 Å². The molecule has 0 spiro atoms. The fourth-order valence-electron chi connectivity index (χ4n) is 1.99. The second-order valence-corrected chi connectivity index (χ2v) is 4.79. The molecular weight excluding hydrogens is 232 g/mol. The van der Waals surface area contributed by atoms with E-state index in [9.17, 15) is 0 Å². The van der Waals surface area contributed by atoms with Crippen LogP contribution in [0.2, 0.25) is 0 Å². The third kappa shape index (κ3) is 2.56. The van der Waals surface area contributed by atoms with E-state index in [4.69, 9.17) is 0 Å². The summed E-state index contributed by atoms with van der Waals surface area (Å²) in [4.78, 5) is 4.33. The van der Waals surface area contributed by atoms with Crippen LogP contribution in [0.15, 0.2) is 17.1 Å². The summed E-state index contributed by atoms with van der Waals surface area (Å²) in [7, 11) is 1.99. The van der Waals surface area contributed by atoms with Gasteiger partial charge in [0.05, 0.1) is 0 Å². The SMILES string of the molecule is CCn1ncnc1CC(NC)c1cscc1C. The number of thiophene rings is 1. The molecule has 0 aliphatic heterocycles. The summed E-state index contributed by atoms with van der Waals surface area (Å²) in [6.45, 7) is 5.11. The van der Waals surface area contributed by atoms with E-state index in [1.165, 1.54) is 11.1 Å². The zero-order valence-electron chi connectivity index (χ0n) is 10.5. The Morgan fingerprint density at radius 1 is 1.47 bits per heavy atom. The summed E-state index contributed by atoms with van der Waals surface area (Å²) in [5, 5.41) is 12.0. The zero-order valence-corrected chi connectivity index (χ0v) is 11.3. The lowest BCUT2D eigenvalue weighted by Crippen LogP contribution is -2.21. The Balaban J connectivity index is 2.19. The highest BCUT2D eigenvalue weighted by Gasteiger charge is 2.16. The molecule has 0 saturated heterocycles. The summed E-state index contributed by atoms with van der Waals surface area (Å²) in [6, 6.07) is 0.316. The monoisotopic (exact) mass is 250 g/mol. The molecule has 1 atom stereocenters. The van der Waals surface area contributed by atoms with Crippen molar-refractivity contribution in [1.82, 2.24) is 20.1 Å². The number of rotatable bonds is 5. The molecule has 92 valence electrons. The first-order chi connectivity index (χ1) is 8.26. The minimum atomic E-state index is 0.316. The molecule has 0 aromatic carbocycles. The molecule has 0 fully saturated rings. The molecule has 1 N–H and O–H groups in total. The molecule has 2 rings (SSSR count). The third-order valence-corrected chi connectivity index (χ3v) is 3.88. The Hall–Kier alpha value is -1.20. The molecule has 5 heteroatoms. The fourth-order valence-corrected chi connectivity index (χ4v) is 2.89. The Morgan fingerprint density at radius 3 is 2.88 bits per heavy atom. The molecule has 0 saturated carbocycles.